The molecule has 1 nitrogen and oxygen atoms in total. The number of hydrogen-bond acceptors (Lipinski definition) is 2. The molecule has 0 aliphatic heterocycles. The first-order valence-corrected chi connectivity index (χ1v) is 8.53. The molecule has 0 aliphatic rings. The van der Waals surface area contributed by atoms with Gasteiger partial charge in [0.15, 0.2) is 0 Å². The summed E-state index contributed by atoms with van der Waals surface area (Å²) in [5.74, 6) is 2.02. The van der Waals surface area contributed by atoms with E-state index in [0.29, 0.717) is 0 Å². The fraction of sp³-hybridized carbons (Fsp3) is 0.600. The fourth-order valence-electron chi connectivity index (χ4n) is 1.82. The van der Waals surface area contributed by atoms with Crippen molar-refractivity contribution in [3.63, 3.8) is 0 Å². The van der Waals surface area contributed by atoms with Gasteiger partial charge in [-0.15, -0.1) is 0 Å². The van der Waals surface area contributed by atoms with E-state index in [1.165, 1.54) is 48.5 Å². The van der Waals surface area contributed by atoms with Crippen LogP contribution in [-0.4, -0.2) is 12.4 Å². The maximum absolute atomic E-state index is 5.69. The molecule has 0 unspecified atom stereocenters. The highest BCUT2D eigenvalue weighted by Gasteiger charge is 1.94. The van der Waals surface area contributed by atoms with Crippen LogP contribution in [0.25, 0.3) is 0 Å². The Morgan fingerprint density at radius 1 is 0.833 bits per heavy atom. The molecule has 0 bridgehead atoms. The van der Waals surface area contributed by atoms with Crippen LogP contribution < -0.4 is 4.74 Å². The molecule has 0 N–H and O–H groups in total. The van der Waals surface area contributed by atoms with Crippen molar-refractivity contribution in [3.8, 4) is 5.75 Å². The second kappa shape index (κ2) is 11.0. The van der Waals surface area contributed by atoms with Gasteiger partial charge in [0.1, 0.15) is 5.75 Å². The second-order valence-electron chi connectivity index (χ2n) is 4.50. The molecule has 0 saturated heterocycles. The Morgan fingerprint density at radius 3 is 2.00 bits per heavy atom. The molecule has 0 amide bonds. The number of unbranched alkanes of at least 4 members (excludes halogenated alkanes) is 6. The van der Waals surface area contributed by atoms with Crippen molar-refractivity contribution in [3.05, 3.63) is 27.8 Å². The molecule has 1 aromatic rings. The van der Waals surface area contributed by atoms with Crippen LogP contribution in [-0.2, 0) is 0 Å². The Hall–Kier alpha value is 0.1000. The van der Waals surface area contributed by atoms with Gasteiger partial charge in [-0.25, -0.2) is 0 Å². The van der Waals surface area contributed by atoms with Crippen LogP contribution in [0.2, 0.25) is 0 Å². The molecule has 0 radical (unpaired) electrons. The van der Waals surface area contributed by atoms with Crippen molar-refractivity contribution in [1.82, 2.24) is 0 Å². The minimum atomic E-state index is 0.844. The van der Waals surface area contributed by atoms with Crippen LogP contribution in [0.1, 0.15) is 44.9 Å². The molecule has 1 aromatic carbocycles. The lowest BCUT2D eigenvalue weighted by molar-refractivity contribution is 0.304. The van der Waals surface area contributed by atoms with E-state index in [4.69, 9.17) is 4.74 Å². The average Bonchev–Trinajstić information content (AvgIpc) is 2.39. The highest BCUT2D eigenvalue weighted by Crippen LogP contribution is 2.14. The largest absolute Gasteiger partial charge is 0.494 e. The quantitative estimate of drug-likeness (QED) is 0.329. The van der Waals surface area contributed by atoms with Gasteiger partial charge in [0.25, 0.3) is 0 Å². The third kappa shape index (κ3) is 8.25. The molecule has 18 heavy (non-hydrogen) atoms. The van der Waals surface area contributed by atoms with Crippen molar-refractivity contribution in [1.29, 1.82) is 0 Å². The first-order chi connectivity index (χ1) is 8.83. The maximum Gasteiger partial charge on any atom is 0.119 e. The number of benzene rings is 1. The summed E-state index contributed by atoms with van der Waals surface area (Å²) in [6.45, 7) is 0.844. The monoisotopic (exact) mass is 378 g/mol. The second-order valence-corrected chi connectivity index (χ2v) is 6.19. The standard InChI is InChI=1S/C15H23IOS/c16-14-8-10-15(11-9-14)17-12-6-4-2-1-3-5-7-13-18/h8-11,18H,1-7,12-13H2. The molecule has 0 heterocycles. The van der Waals surface area contributed by atoms with E-state index in [-0.39, 0.29) is 0 Å². The molecular formula is C15H23IOS. The van der Waals surface area contributed by atoms with Crippen LogP contribution in [0.3, 0.4) is 0 Å². The van der Waals surface area contributed by atoms with Gasteiger partial charge >= 0.3 is 0 Å². The van der Waals surface area contributed by atoms with E-state index in [0.717, 1.165) is 18.1 Å². The lowest BCUT2D eigenvalue weighted by atomic mass is 10.1. The Labute approximate surface area is 130 Å². The van der Waals surface area contributed by atoms with Crippen molar-refractivity contribution >= 4 is 35.2 Å². The van der Waals surface area contributed by atoms with Crippen molar-refractivity contribution < 1.29 is 4.74 Å². The summed E-state index contributed by atoms with van der Waals surface area (Å²) in [4.78, 5) is 0. The zero-order chi connectivity index (χ0) is 13.1. The Morgan fingerprint density at radius 2 is 1.39 bits per heavy atom. The molecule has 0 saturated carbocycles. The Balaban J connectivity index is 1.91. The molecular weight excluding hydrogens is 355 g/mol. The van der Waals surface area contributed by atoms with E-state index < -0.39 is 0 Å². The number of hydrogen-bond donors (Lipinski definition) is 1. The van der Waals surface area contributed by atoms with E-state index in [2.05, 4.69) is 47.4 Å². The topological polar surface area (TPSA) is 9.23 Å². The predicted octanol–water partition coefficient (Wildman–Crippen LogP) is 5.33. The van der Waals surface area contributed by atoms with Crippen molar-refractivity contribution in [2.75, 3.05) is 12.4 Å². The van der Waals surface area contributed by atoms with Gasteiger partial charge in [-0.05, 0) is 65.5 Å². The summed E-state index contributed by atoms with van der Waals surface area (Å²) in [7, 11) is 0. The summed E-state index contributed by atoms with van der Waals surface area (Å²) in [6, 6.07) is 8.24. The molecule has 0 aliphatic carbocycles. The van der Waals surface area contributed by atoms with Gasteiger partial charge in [-0.2, -0.15) is 12.6 Å². The predicted molar refractivity (Wildman–Crippen MR) is 90.8 cm³/mol. The first-order valence-electron chi connectivity index (χ1n) is 6.82. The lowest BCUT2D eigenvalue weighted by Crippen LogP contribution is -1.97. The highest BCUT2D eigenvalue weighted by atomic mass is 127. The summed E-state index contributed by atoms with van der Waals surface area (Å²) >= 11 is 6.52. The molecule has 0 spiro atoms. The number of rotatable bonds is 10. The van der Waals surface area contributed by atoms with Gasteiger partial charge in [-0.1, -0.05) is 32.1 Å². The fourth-order valence-corrected chi connectivity index (χ4v) is 2.40. The van der Waals surface area contributed by atoms with Crippen molar-refractivity contribution in [2.24, 2.45) is 0 Å². The van der Waals surface area contributed by atoms with Crippen LogP contribution in [0.4, 0.5) is 0 Å². The minimum absolute atomic E-state index is 0.844. The van der Waals surface area contributed by atoms with Crippen LogP contribution in [0.15, 0.2) is 24.3 Å². The molecule has 0 atom stereocenters. The summed E-state index contributed by atoms with van der Waals surface area (Å²) < 4.78 is 6.94. The van der Waals surface area contributed by atoms with Crippen LogP contribution in [0.5, 0.6) is 5.75 Å². The molecule has 3 heteroatoms. The smallest absolute Gasteiger partial charge is 0.119 e. The van der Waals surface area contributed by atoms with E-state index in [1.807, 2.05) is 12.1 Å². The molecule has 0 aromatic heterocycles. The SMILES string of the molecule is SCCCCCCCCCOc1ccc(I)cc1. The van der Waals surface area contributed by atoms with Gasteiger partial charge in [0.2, 0.25) is 0 Å². The van der Waals surface area contributed by atoms with E-state index in [9.17, 15) is 0 Å². The van der Waals surface area contributed by atoms with Crippen LogP contribution in [0, 0.1) is 3.57 Å². The Kier molecular flexibility index (Phi) is 9.85. The lowest BCUT2D eigenvalue weighted by Gasteiger charge is -2.06. The number of thiol groups is 1. The maximum atomic E-state index is 5.69. The highest BCUT2D eigenvalue weighted by molar-refractivity contribution is 14.1. The third-order valence-corrected chi connectivity index (χ3v) is 3.92. The Bertz CT molecular complexity index is 300. The van der Waals surface area contributed by atoms with Gasteiger partial charge in [-0.3, -0.25) is 0 Å². The average molecular weight is 378 g/mol. The zero-order valence-electron chi connectivity index (χ0n) is 10.9. The molecule has 0 fully saturated rings. The minimum Gasteiger partial charge on any atom is -0.494 e. The first kappa shape index (κ1) is 16.2. The van der Waals surface area contributed by atoms with Crippen LogP contribution >= 0.6 is 35.2 Å². The van der Waals surface area contributed by atoms with Crippen molar-refractivity contribution in [2.45, 2.75) is 44.9 Å². The van der Waals surface area contributed by atoms with E-state index in [1.54, 1.807) is 0 Å². The zero-order valence-corrected chi connectivity index (χ0v) is 14.0. The molecule has 1 rings (SSSR count). The summed E-state index contributed by atoms with van der Waals surface area (Å²) in [6.07, 6.45) is 9.10. The number of ether oxygens (including phenoxy) is 1. The van der Waals surface area contributed by atoms with E-state index >= 15 is 0 Å². The van der Waals surface area contributed by atoms with Gasteiger partial charge in [0, 0.05) is 3.57 Å². The normalized spacial score (nSPS) is 10.6. The van der Waals surface area contributed by atoms with Gasteiger partial charge in [0.05, 0.1) is 6.61 Å². The van der Waals surface area contributed by atoms with Gasteiger partial charge < -0.3 is 4.74 Å². The summed E-state index contributed by atoms with van der Waals surface area (Å²) in [5, 5.41) is 0. The summed E-state index contributed by atoms with van der Waals surface area (Å²) in [5.41, 5.74) is 0. The third-order valence-electron chi connectivity index (χ3n) is 2.88. The number of halogens is 1. The molecule has 102 valence electrons.